The van der Waals surface area contributed by atoms with Gasteiger partial charge in [0.1, 0.15) is 11.0 Å². The van der Waals surface area contributed by atoms with Crippen LogP contribution in [0.2, 0.25) is 0 Å². The molecule has 0 fully saturated rings. The van der Waals surface area contributed by atoms with Gasteiger partial charge in [0.2, 0.25) is 0 Å². The number of phenols is 1. The van der Waals surface area contributed by atoms with Crippen LogP contribution < -0.4 is 0 Å². The fourth-order valence-corrected chi connectivity index (χ4v) is 6.33. The first-order chi connectivity index (χ1) is 14.3. The third-order valence-corrected chi connectivity index (χ3v) is 7.93. The number of hydrogen-bond donors (Lipinski definition) is 3. The molecule has 0 radical (unpaired) electrons. The van der Waals surface area contributed by atoms with Crippen molar-refractivity contribution in [2.75, 3.05) is 12.4 Å². The second-order valence-corrected chi connectivity index (χ2v) is 10.2. The summed E-state index contributed by atoms with van der Waals surface area (Å²) in [7, 11) is -3.43. The maximum atomic E-state index is 12.2. The van der Waals surface area contributed by atoms with Gasteiger partial charge in [0.25, 0.3) is 0 Å². The first-order valence-electron chi connectivity index (χ1n) is 10.4. The molecule has 3 N–H and O–H groups in total. The van der Waals surface area contributed by atoms with Crippen LogP contribution in [-0.2, 0) is 9.84 Å². The lowest BCUT2D eigenvalue weighted by Gasteiger charge is -2.19. The second-order valence-electron chi connectivity index (χ2n) is 8.04. The third kappa shape index (κ3) is 4.61. The Morgan fingerprint density at radius 3 is 2.53 bits per heavy atom. The minimum absolute atomic E-state index is 0.0955. The molecule has 2 aromatic carbocycles. The maximum absolute atomic E-state index is 12.2. The van der Waals surface area contributed by atoms with Gasteiger partial charge in [0.15, 0.2) is 9.84 Å². The average Bonchev–Trinajstić information content (AvgIpc) is 2.95. The van der Waals surface area contributed by atoms with Crippen molar-refractivity contribution in [2.24, 2.45) is 0 Å². The van der Waals surface area contributed by atoms with Crippen molar-refractivity contribution < 1.29 is 23.7 Å². The lowest BCUT2D eigenvalue weighted by Crippen LogP contribution is -2.29. The van der Waals surface area contributed by atoms with Gasteiger partial charge >= 0.3 is 0 Å². The Kier molecular flexibility index (Phi) is 7.01. The van der Waals surface area contributed by atoms with Gasteiger partial charge in [0.05, 0.1) is 18.5 Å². The van der Waals surface area contributed by atoms with E-state index in [1.54, 1.807) is 13.0 Å². The number of allylic oxidation sites excluding steroid dienone is 1. The molecule has 0 spiro atoms. The molecule has 2 atom stereocenters. The van der Waals surface area contributed by atoms with Crippen molar-refractivity contribution in [2.45, 2.75) is 50.9 Å². The van der Waals surface area contributed by atoms with Crippen molar-refractivity contribution in [3.63, 3.8) is 0 Å². The van der Waals surface area contributed by atoms with Crippen LogP contribution in [0.3, 0.4) is 0 Å². The van der Waals surface area contributed by atoms with Crippen molar-refractivity contribution >= 4 is 26.7 Å². The molecule has 30 heavy (non-hydrogen) atoms. The first kappa shape index (κ1) is 22.5. The summed E-state index contributed by atoms with van der Waals surface area (Å²) >= 11 is 0. The Morgan fingerprint density at radius 2 is 1.87 bits per heavy atom. The molecule has 5 nitrogen and oxygen atoms in total. The van der Waals surface area contributed by atoms with Gasteiger partial charge in [0, 0.05) is 5.39 Å². The first-order valence-corrected chi connectivity index (χ1v) is 12.1. The van der Waals surface area contributed by atoms with Crippen LogP contribution in [-0.4, -0.2) is 47.5 Å². The number of hydrogen-bond acceptors (Lipinski definition) is 5. The highest BCUT2D eigenvalue weighted by Gasteiger charge is 2.39. The smallest absolute Gasteiger partial charge is 0.163 e. The zero-order valence-electron chi connectivity index (χ0n) is 17.5. The topological polar surface area (TPSA) is 94.8 Å². The van der Waals surface area contributed by atoms with Gasteiger partial charge < -0.3 is 15.3 Å². The Morgan fingerprint density at radius 1 is 1.17 bits per heavy atom. The monoisotopic (exact) mass is 430 g/mol. The summed E-state index contributed by atoms with van der Waals surface area (Å²) in [6.07, 6.45) is 4.05. The van der Waals surface area contributed by atoms with E-state index in [9.17, 15) is 23.7 Å². The van der Waals surface area contributed by atoms with Crippen molar-refractivity contribution in [1.29, 1.82) is 0 Å². The molecular formula is C24H30O5S. The van der Waals surface area contributed by atoms with Crippen LogP contribution in [0, 0.1) is 0 Å². The molecule has 1 heterocycles. The molecule has 0 unspecified atom stereocenters. The van der Waals surface area contributed by atoms with Crippen LogP contribution in [0.4, 0.5) is 0 Å². The molecule has 0 aromatic heterocycles. The molecule has 0 aliphatic carbocycles. The Labute approximate surface area is 178 Å². The largest absolute Gasteiger partial charge is 0.507 e. The summed E-state index contributed by atoms with van der Waals surface area (Å²) in [4.78, 5) is 0. The number of aliphatic hydroxyl groups excluding tert-OH is 2. The fraction of sp³-hybridized carbons (Fsp3) is 0.417. The summed E-state index contributed by atoms with van der Waals surface area (Å²) in [5, 5.41) is 31.2. The van der Waals surface area contributed by atoms with Gasteiger partial charge in [-0.05, 0) is 48.8 Å². The highest BCUT2D eigenvalue weighted by atomic mass is 32.2. The zero-order valence-corrected chi connectivity index (χ0v) is 18.3. The van der Waals surface area contributed by atoms with E-state index in [1.165, 1.54) is 0 Å². The molecule has 0 saturated carbocycles. The highest BCUT2D eigenvalue weighted by Crippen LogP contribution is 2.33. The summed E-state index contributed by atoms with van der Waals surface area (Å²) in [5.74, 6) is 0.150. The minimum atomic E-state index is -3.43. The quantitative estimate of drug-likeness (QED) is 0.551. The van der Waals surface area contributed by atoms with Crippen LogP contribution in [0.5, 0.6) is 5.75 Å². The van der Waals surface area contributed by atoms with Crippen LogP contribution in [0.15, 0.2) is 53.1 Å². The average molecular weight is 431 g/mol. The molecule has 1 aliphatic heterocycles. The minimum Gasteiger partial charge on any atom is -0.507 e. The number of benzene rings is 2. The van der Waals surface area contributed by atoms with Crippen LogP contribution in [0.1, 0.15) is 45.1 Å². The normalized spacial score (nSPS) is 20.1. The third-order valence-electron chi connectivity index (χ3n) is 5.82. The van der Waals surface area contributed by atoms with Gasteiger partial charge in [-0.1, -0.05) is 60.9 Å². The van der Waals surface area contributed by atoms with E-state index in [1.807, 2.05) is 30.3 Å². The fourth-order valence-electron chi connectivity index (χ4n) is 4.39. The standard InChI is InChI=1S/C24H30O5S/c1-3-6-17(13-18-10-12-21(26)20-8-5-4-7-19(18)20)9-11-22(27)24-16(2)15-30(28,29)23(24)14-25/h4-5,7-8,10,12-13,22-23,25-27H,3,6,9,11,14-15H2,1-2H3/b17-13+/t22-,23+/m1/s1. The molecule has 3 rings (SSSR count). The maximum Gasteiger partial charge on any atom is 0.163 e. The highest BCUT2D eigenvalue weighted by molar-refractivity contribution is 7.92. The Bertz CT molecular complexity index is 1080. The number of phenolic OH excluding ortho intramolecular Hbond substituents is 1. The lowest BCUT2D eigenvalue weighted by atomic mass is 9.93. The zero-order chi connectivity index (χ0) is 21.9. The van der Waals surface area contributed by atoms with Crippen molar-refractivity contribution in [3.05, 3.63) is 58.7 Å². The number of rotatable bonds is 8. The van der Waals surface area contributed by atoms with Crippen molar-refractivity contribution in [1.82, 2.24) is 0 Å². The molecular weight excluding hydrogens is 400 g/mol. The van der Waals surface area contributed by atoms with Crippen LogP contribution >= 0.6 is 0 Å². The van der Waals surface area contributed by atoms with E-state index in [0.717, 1.165) is 34.8 Å². The molecule has 1 aliphatic rings. The Hall–Kier alpha value is -2.15. The second kappa shape index (κ2) is 9.33. The summed E-state index contributed by atoms with van der Waals surface area (Å²) in [6.45, 7) is 3.32. The van der Waals surface area contributed by atoms with E-state index in [2.05, 4.69) is 13.0 Å². The van der Waals surface area contributed by atoms with Gasteiger partial charge in [-0.15, -0.1) is 0 Å². The van der Waals surface area contributed by atoms with E-state index in [0.29, 0.717) is 24.0 Å². The molecule has 0 saturated heterocycles. The van der Waals surface area contributed by atoms with Gasteiger partial charge in [-0.25, -0.2) is 8.42 Å². The number of aliphatic hydroxyl groups is 2. The number of aromatic hydroxyl groups is 1. The van der Waals surface area contributed by atoms with E-state index in [-0.39, 0.29) is 11.5 Å². The molecule has 0 bridgehead atoms. The van der Waals surface area contributed by atoms with E-state index < -0.39 is 27.8 Å². The molecule has 2 aromatic rings. The van der Waals surface area contributed by atoms with Crippen LogP contribution in [0.25, 0.3) is 16.8 Å². The summed E-state index contributed by atoms with van der Waals surface area (Å²) in [6, 6.07) is 11.3. The predicted octanol–water partition coefficient (Wildman–Crippen LogP) is 3.98. The molecule has 6 heteroatoms. The van der Waals surface area contributed by atoms with E-state index >= 15 is 0 Å². The number of fused-ring (bicyclic) bond motifs is 1. The summed E-state index contributed by atoms with van der Waals surface area (Å²) < 4.78 is 24.4. The SMILES string of the molecule is CCC/C(=C\c1ccc(O)c2ccccc12)CC[C@@H](O)C1=C(C)CS(=O)(=O)[C@H]1CO. The predicted molar refractivity (Wildman–Crippen MR) is 121 cm³/mol. The summed E-state index contributed by atoms with van der Waals surface area (Å²) in [5.41, 5.74) is 3.27. The van der Waals surface area contributed by atoms with Gasteiger partial charge in [-0.2, -0.15) is 0 Å². The Balaban J connectivity index is 1.84. The van der Waals surface area contributed by atoms with E-state index in [4.69, 9.17) is 0 Å². The number of sulfone groups is 1. The van der Waals surface area contributed by atoms with Gasteiger partial charge in [-0.3, -0.25) is 0 Å². The van der Waals surface area contributed by atoms with Crippen molar-refractivity contribution in [3.8, 4) is 5.75 Å². The lowest BCUT2D eigenvalue weighted by molar-refractivity contribution is 0.188. The molecule has 162 valence electrons. The molecule has 0 amide bonds.